The first-order valence-corrected chi connectivity index (χ1v) is 5.38. The van der Waals surface area contributed by atoms with Crippen LogP contribution in [0.5, 0.6) is 0 Å². The van der Waals surface area contributed by atoms with Crippen molar-refractivity contribution in [1.82, 2.24) is 0 Å². The van der Waals surface area contributed by atoms with E-state index in [4.69, 9.17) is 5.11 Å². The molecule has 0 fully saturated rings. The van der Waals surface area contributed by atoms with Crippen LogP contribution in [0.2, 0.25) is 0 Å². The Balaban J connectivity index is 3.01. The number of rotatable bonds is 5. The van der Waals surface area contributed by atoms with Gasteiger partial charge in [-0.3, -0.25) is 14.9 Å². The Labute approximate surface area is 99.2 Å². The molecule has 0 aliphatic heterocycles. The summed E-state index contributed by atoms with van der Waals surface area (Å²) in [6.07, 6.45) is 0.185. The molecule has 1 unspecified atom stereocenters. The molecule has 0 radical (unpaired) electrons. The summed E-state index contributed by atoms with van der Waals surface area (Å²) in [5, 5.41) is 19.9. The number of carbonyl (C=O) groups is 1. The van der Waals surface area contributed by atoms with Crippen LogP contribution in [0.1, 0.15) is 19.4 Å². The molecule has 0 aliphatic rings. The maximum atomic E-state index is 11.1. The van der Waals surface area contributed by atoms with Gasteiger partial charge < -0.3 is 5.11 Å². The monoisotopic (exact) mass is 237 g/mol. The summed E-state index contributed by atoms with van der Waals surface area (Å²) in [5.74, 6) is -1.58. The number of nitro benzene ring substituents is 1. The van der Waals surface area contributed by atoms with Gasteiger partial charge in [0.1, 0.15) is 0 Å². The first-order chi connectivity index (χ1) is 7.93. The topological polar surface area (TPSA) is 80.4 Å². The highest BCUT2D eigenvalue weighted by Gasteiger charge is 2.25. The van der Waals surface area contributed by atoms with Crippen molar-refractivity contribution in [1.29, 1.82) is 0 Å². The van der Waals surface area contributed by atoms with Crippen LogP contribution in [-0.4, -0.2) is 16.0 Å². The van der Waals surface area contributed by atoms with Gasteiger partial charge in [-0.2, -0.15) is 0 Å². The zero-order valence-electron chi connectivity index (χ0n) is 9.79. The Kier molecular flexibility index (Phi) is 4.20. The third kappa shape index (κ3) is 3.27. The summed E-state index contributed by atoms with van der Waals surface area (Å²) < 4.78 is 0. The summed E-state index contributed by atoms with van der Waals surface area (Å²) in [7, 11) is 0. The van der Waals surface area contributed by atoms with E-state index in [2.05, 4.69) is 0 Å². The first-order valence-electron chi connectivity index (χ1n) is 5.38. The molecule has 1 rings (SSSR count). The predicted octanol–water partition coefficient (Wildman–Crippen LogP) is 2.49. The second-order valence-electron chi connectivity index (χ2n) is 4.28. The zero-order chi connectivity index (χ0) is 13.0. The van der Waals surface area contributed by atoms with Gasteiger partial charge in [-0.1, -0.05) is 32.0 Å². The molecule has 1 aromatic carbocycles. The molecule has 1 N–H and O–H groups in total. The molecule has 0 aliphatic carbocycles. The maximum Gasteiger partial charge on any atom is 0.307 e. The van der Waals surface area contributed by atoms with E-state index in [1.807, 2.05) is 0 Å². The molecule has 0 aromatic heterocycles. The molecule has 5 nitrogen and oxygen atoms in total. The number of hydrogen-bond acceptors (Lipinski definition) is 3. The van der Waals surface area contributed by atoms with Gasteiger partial charge >= 0.3 is 5.97 Å². The van der Waals surface area contributed by atoms with E-state index >= 15 is 0 Å². The average Bonchev–Trinajstić information content (AvgIpc) is 2.25. The highest BCUT2D eigenvalue weighted by Crippen LogP contribution is 2.24. The van der Waals surface area contributed by atoms with Gasteiger partial charge in [-0.25, -0.2) is 0 Å². The van der Waals surface area contributed by atoms with Crippen LogP contribution >= 0.6 is 0 Å². The van der Waals surface area contributed by atoms with Crippen molar-refractivity contribution in [2.45, 2.75) is 20.3 Å². The fourth-order valence-corrected chi connectivity index (χ4v) is 1.71. The van der Waals surface area contributed by atoms with Crippen LogP contribution in [0.25, 0.3) is 0 Å². The van der Waals surface area contributed by atoms with E-state index in [0.29, 0.717) is 5.56 Å². The maximum absolute atomic E-state index is 11.1. The van der Waals surface area contributed by atoms with E-state index < -0.39 is 16.8 Å². The minimum absolute atomic E-state index is 0.0144. The number of aliphatic carboxylic acids is 1. The summed E-state index contributed by atoms with van der Waals surface area (Å²) in [5.41, 5.74) is 0.456. The molecule has 0 saturated carbocycles. The predicted molar refractivity (Wildman–Crippen MR) is 62.8 cm³/mol. The summed E-state index contributed by atoms with van der Waals surface area (Å²) in [4.78, 5) is 21.4. The zero-order valence-corrected chi connectivity index (χ0v) is 9.79. The highest BCUT2D eigenvalue weighted by molar-refractivity contribution is 5.71. The number of carboxylic acids is 1. The number of nitro groups is 1. The van der Waals surface area contributed by atoms with E-state index in [-0.39, 0.29) is 18.0 Å². The lowest BCUT2D eigenvalue weighted by atomic mass is 9.89. The molecular weight excluding hydrogens is 222 g/mol. The lowest BCUT2D eigenvalue weighted by Gasteiger charge is -2.15. The van der Waals surface area contributed by atoms with Gasteiger partial charge in [0.2, 0.25) is 0 Å². The molecular formula is C12H15NO4. The second kappa shape index (κ2) is 5.43. The molecule has 0 bridgehead atoms. The fraction of sp³-hybridized carbons (Fsp3) is 0.417. The van der Waals surface area contributed by atoms with Crippen LogP contribution in [-0.2, 0) is 11.2 Å². The summed E-state index contributed by atoms with van der Waals surface area (Å²) in [6.45, 7) is 3.60. The molecule has 1 aromatic rings. The minimum Gasteiger partial charge on any atom is -0.481 e. The Morgan fingerprint density at radius 2 is 2.00 bits per heavy atom. The van der Waals surface area contributed by atoms with E-state index in [9.17, 15) is 14.9 Å². The molecule has 1 atom stereocenters. The van der Waals surface area contributed by atoms with Crippen LogP contribution < -0.4 is 0 Å². The van der Waals surface area contributed by atoms with Crippen LogP contribution in [0, 0.1) is 22.0 Å². The number of para-hydroxylation sites is 1. The van der Waals surface area contributed by atoms with Crippen LogP contribution in [0.4, 0.5) is 5.69 Å². The van der Waals surface area contributed by atoms with Crippen molar-refractivity contribution in [3.05, 3.63) is 39.9 Å². The Morgan fingerprint density at radius 3 is 2.47 bits per heavy atom. The van der Waals surface area contributed by atoms with E-state index in [1.54, 1.807) is 32.0 Å². The van der Waals surface area contributed by atoms with E-state index in [0.717, 1.165) is 0 Å². The van der Waals surface area contributed by atoms with Gasteiger partial charge in [-0.05, 0) is 12.3 Å². The summed E-state index contributed by atoms with van der Waals surface area (Å²) >= 11 is 0. The fourth-order valence-electron chi connectivity index (χ4n) is 1.71. The molecule has 0 heterocycles. The van der Waals surface area contributed by atoms with Gasteiger partial charge in [0.15, 0.2) is 0 Å². The van der Waals surface area contributed by atoms with Crippen molar-refractivity contribution in [3.8, 4) is 0 Å². The summed E-state index contributed by atoms with van der Waals surface area (Å²) in [6, 6.07) is 6.26. The Hall–Kier alpha value is -1.91. The molecule has 5 heteroatoms. The van der Waals surface area contributed by atoms with Crippen molar-refractivity contribution < 1.29 is 14.8 Å². The number of carboxylic acid groups (broad SMARTS) is 1. The minimum atomic E-state index is -0.918. The highest BCUT2D eigenvalue weighted by atomic mass is 16.6. The number of nitrogens with zero attached hydrogens (tertiary/aromatic N) is 1. The quantitative estimate of drug-likeness (QED) is 0.630. The van der Waals surface area contributed by atoms with E-state index in [1.165, 1.54) is 6.07 Å². The lowest BCUT2D eigenvalue weighted by molar-refractivity contribution is -0.385. The van der Waals surface area contributed by atoms with Gasteiger partial charge in [0.05, 0.1) is 10.8 Å². The molecule has 0 spiro atoms. The second-order valence-corrected chi connectivity index (χ2v) is 4.28. The van der Waals surface area contributed by atoms with Crippen molar-refractivity contribution in [3.63, 3.8) is 0 Å². The standard InChI is InChI=1S/C12H15NO4/c1-8(2)10(12(14)15)7-9-5-3-4-6-11(9)13(16)17/h3-6,8,10H,7H2,1-2H3,(H,14,15). The lowest BCUT2D eigenvalue weighted by Crippen LogP contribution is -2.22. The third-order valence-corrected chi connectivity index (χ3v) is 2.75. The molecule has 92 valence electrons. The van der Waals surface area contributed by atoms with Crippen molar-refractivity contribution in [2.75, 3.05) is 0 Å². The SMILES string of the molecule is CC(C)C(Cc1ccccc1[N+](=O)[O-])C(=O)O. The average molecular weight is 237 g/mol. The number of hydrogen-bond donors (Lipinski definition) is 1. The first kappa shape index (κ1) is 13.2. The number of benzene rings is 1. The van der Waals surface area contributed by atoms with Gasteiger partial charge in [-0.15, -0.1) is 0 Å². The third-order valence-electron chi connectivity index (χ3n) is 2.75. The van der Waals surface area contributed by atoms with Crippen LogP contribution in [0.15, 0.2) is 24.3 Å². The normalized spacial score (nSPS) is 12.4. The molecule has 17 heavy (non-hydrogen) atoms. The van der Waals surface area contributed by atoms with Gasteiger partial charge in [0, 0.05) is 11.6 Å². The van der Waals surface area contributed by atoms with Crippen molar-refractivity contribution in [2.24, 2.45) is 11.8 Å². The Bertz CT molecular complexity index is 428. The van der Waals surface area contributed by atoms with Crippen molar-refractivity contribution >= 4 is 11.7 Å². The smallest absolute Gasteiger partial charge is 0.307 e. The molecule has 0 amide bonds. The van der Waals surface area contributed by atoms with Gasteiger partial charge in [0.25, 0.3) is 5.69 Å². The largest absolute Gasteiger partial charge is 0.481 e. The molecule has 0 saturated heterocycles. The van der Waals surface area contributed by atoms with Crippen LogP contribution in [0.3, 0.4) is 0 Å². The Morgan fingerprint density at radius 1 is 1.41 bits per heavy atom.